The topological polar surface area (TPSA) is 51.3 Å². The number of hydrogen-bond acceptors (Lipinski definition) is 3. The first-order valence-corrected chi connectivity index (χ1v) is 11.8. The number of ketones is 1. The van der Waals surface area contributed by atoms with E-state index in [1.54, 1.807) is 4.68 Å². The van der Waals surface area contributed by atoms with Gasteiger partial charge in [0.15, 0.2) is 5.78 Å². The first kappa shape index (κ1) is 20.5. The first-order chi connectivity index (χ1) is 14.2. The number of rotatable bonds is 6. The summed E-state index contributed by atoms with van der Waals surface area (Å²) in [5.74, 6) is 7.39. The molecule has 158 valence electrons. The van der Waals surface area contributed by atoms with E-state index in [1.165, 1.54) is 82.0 Å². The summed E-state index contributed by atoms with van der Waals surface area (Å²) in [6.07, 6.45) is 14.1. The Hall–Kier alpha value is -1.81. The van der Waals surface area contributed by atoms with Crippen molar-refractivity contribution in [3.8, 4) is 0 Å². The number of nitrogen functional groups attached to an aromatic ring is 1. The lowest BCUT2D eigenvalue weighted by Crippen LogP contribution is -2.33. The Labute approximate surface area is 175 Å². The van der Waals surface area contributed by atoms with E-state index < -0.39 is 0 Å². The van der Waals surface area contributed by atoms with Crippen LogP contribution in [0.25, 0.3) is 10.9 Å². The van der Waals surface area contributed by atoms with Crippen LogP contribution in [-0.2, 0) is 0 Å². The number of hydrogen-bond donors (Lipinski definition) is 1. The Morgan fingerprint density at radius 2 is 1.79 bits per heavy atom. The number of likely N-dealkylation sites (tertiary alicyclic amines) is 1. The summed E-state index contributed by atoms with van der Waals surface area (Å²) >= 11 is 0. The predicted octanol–water partition coefficient (Wildman–Crippen LogP) is 5.49. The van der Waals surface area contributed by atoms with Crippen LogP contribution in [0.3, 0.4) is 0 Å². The van der Waals surface area contributed by atoms with Gasteiger partial charge in [-0.1, -0.05) is 39.0 Å². The molecule has 2 N–H and O–H groups in total. The highest BCUT2D eigenvalue weighted by Crippen LogP contribution is 2.35. The van der Waals surface area contributed by atoms with Gasteiger partial charge in [-0.25, -0.2) is 0 Å². The number of benzene rings is 1. The van der Waals surface area contributed by atoms with Gasteiger partial charge in [0.1, 0.15) is 0 Å². The number of nitrogens with two attached hydrogens (primary N) is 1. The molecule has 0 spiro atoms. The van der Waals surface area contributed by atoms with Crippen LogP contribution in [0.4, 0.5) is 0 Å². The maximum atomic E-state index is 13.2. The number of fused-ring (bicyclic) bond motifs is 1. The summed E-state index contributed by atoms with van der Waals surface area (Å²) in [7, 11) is 0. The van der Waals surface area contributed by atoms with Crippen molar-refractivity contribution in [2.24, 2.45) is 5.92 Å². The second-order valence-corrected chi connectivity index (χ2v) is 9.25. The van der Waals surface area contributed by atoms with Gasteiger partial charge in [-0.15, -0.1) is 0 Å². The minimum atomic E-state index is 0.208. The first-order valence-electron chi connectivity index (χ1n) is 11.8. The zero-order valence-corrected chi connectivity index (χ0v) is 18.0. The molecule has 4 heteroatoms. The van der Waals surface area contributed by atoms with E-state index in [0.717, 1.165) is 23.9 Å². The third-order valence-corrected chi connectivity index (χ3v) is 7.23. The number of carbonyl (C=O) groups is 1. The van der Waals surface area contributed by atoms with Crippen molar-refractivity contribution in [1.82, 2.24) is 9.58 Å². The SMILES string of the molecule is CCCCN1CCC(c2cn(N)c3ccc(C(=O)C4CCCCCC4)cc23)CC1. The lowest BCUT2D eigenvalue weighted by Gasteiger charge is -2.31. The molecule has 0 atom stereocenters. The number of piperidine rings is 1. The molecule has 2 heterocycles. The van der Waals surface area contributed by atoms with E-state index in [-0.39, 0.29) is 5.92 Å². The van der Waals surface area contributed by atoms with Crippen molar-refractivity contribution in [3.63, 3.8) is 0 Å². The van der Waals surface area contributed by atoms with E-state index in [1.807, 2.05) is 6.07 Å². The third kappa shape index (κ3) is 4.53. The minimum Gasteiger partial charge on any atom is -0.339 e. The fourth-order valence-corrected chi connectivity index (χ4v) is 5.39. The van der Waals surface area contributed by atoms with Gasteiger partial charge in [0.25, 0.3) is 0 Å². The predicted molar refractivity (Wildman–Crippen MR) is 121 cm³/mol. The van der Waals surface area contributed by atoms with Crippen LogP contribution in [-0.4, -0.2) is 35.0 Å². The lowest BCUT2D eigenvalue weighted by molar-refractivity contribution is 0.0908. The van der Waals surface area contributed by atoms with E-state index in [0.29, 0.717) is 11.7 Å². The van der Waals surface area contributed by atoms with Crippen molar-refractivity contribution in [1.29, 1.82) is 0 Å². The fourth-order valence-electron chi connectivity index (χ4n) is 5.39. The molecule has 0 bridgehead atoms. The molecule has 1 saturated heterocycles. The summed E-state index contributed by atoms with van der Waals surface area (Å²) in [5, 5.41) is 1.19. The van der Waals surface area contributed by atoms with E-state index in [9.17, 15) is 4.79 Å². The van der Waals surface area contributed by atoms with Gasteiger partial charge >= 0.3 is 0 Å². The molecule has 1 aromatic heterocycles. The van der Waals surface area contributed by atoms with Gasteiger partial charge in [-0.05, 0) is 81.4 Å². The van der Waals surface area contributed by atoms with Gasteiger partial charge < -0.3 is 10.7 Å². The Bertz CT molecular complexity index is 824. The van der Waals surface area contributed by atoms with Crippen molar-refractivity contribution >= 4 is 16.7 Å². The van der Waals surface area contributed by atoms with Crippen molar-refractivity contribution in [2.45, 2.75) is 77.0 Å². The molecule has 2 aliphatic rings. The van der Waals surface area contributed by atoms with Crippen LogP contribution in [0.2, 0.25) is 0 Å². The molecule has 29 heavy (non-hydrogen) atoms. The van der Waals surface area contributed by atoms with Crippen LogP contribution >= 0.6 is 0 Å². The smallest absolute Gasteiger partial charge is 0.165 e. The molecular formula is C25H37N3O. The Balaban J connectivity index is 1.54. The standard InChI is InChI=1S/C25H37N3O/c1-2-3-14-27-15-12-19(13-16-27)23-18-28(26)24-11-10-21(17-22(23)24)25(29)20-8-6-4-5-7-9-20/h10-11,17-20H,2-9,12-16,26H2,1H3. The molecular weight excluding hydrogens is 358 g/mol. The normalized spacial score (nSPS) is 20.2. The molecule has 4 rings (SSSR count). The molecule has 0 unspecified atom stereocenters. The zero-order valence-electron chi connectivity index (χ0n) is 18.0. The fraction of sp³-hybridized carbons (Fsp3) is 0.640. The quantitative estimate of drug-likeness (QED) is 0.400. The molecule has 2 aromatic rings. The van der Waals surface area contributed by atoms with Crippen LogP contribution < -0.4 is 5.84 Å². The van der Waals surface area contributed by atoms with E-state index in [4.69, 9.17) is 5.84 Å². The highest BCUT2D eigenvalue weighted by atomic mass is 16.1. The van der Waals surface area contributed by atoms with Gasteiger partial charge in [-0.2, -0.15) is 0 Å². The number of unbranched alkanes of at least 4 members (excludes halogenated alkanes) is 1. The summed E-state index contributed by atoms with van der Waals surface area (Å²) in [5.41, 5.74) is 3.27. The second kappa shape index (κ2) is 9.34. The van der Waals surface area contributed by atoms with Gasteiger partial charge in [0.05, 0.1) is 5.52 Å². The second-order valence-electron chi connectivity index (χ2n) is 9.25. The summed E-state index contributed by atoms with van der Waals surface area (Å²) < 4.78 is 1.76. The molecule has 1 aromatic carbocycles. The molecule has 1 aliphatic carbocycles. The monoisotopic (exact) mass is 395 g/mol. The number of nitrogens with zero attached hydrogens (tertiary/aromatic N) is 2. The van der Waals surface area contributed by atoms with Crippen molar-refractivity contribution < 1.29 is 4.79 Å². The molecule has 1 saturated carbocycles. The molecule has 2 fully saturated rings. The van der Waals surface area contributed by atoms with Crippen LogP contribution in [0.15, 0.2) is 24.4 Å². The number of Topliss-reactive ketones (excluding diaryl/α,β-unsaturated/α-hetero) is 1. The zero-order chi connectivity index (χ0) is 20.2. The summed E-state index contributed by atoms with van der Waals surface area (Å²) in [6.45, 7) is 5.82. The maximum Gasteiger partial charge on any atom is 0.165 e. The lowest BCUT2D eigenvalue weighted by atomic mass is 9.87. The largest absolute Gasteiger partial charge is 0.339 e. The van der Waals surface area contributed by atoms with Crippen LogP contribution in [0.5, 0.6) is 0 Å². The number of carbonyl (C=O) groups excluding carboxylic acids is 1. The third-order valence-electron chi connectivity index (χ3n) is 7.23. The van der Waals surface area contributed by atoms with Gasteiger partial charge in [0, 0.05) is 23.1 Å². The summed E-state index contributed by atoms with van der Waals surface area (Å²) in [4.78, 5) is 15.8. The van der Waals surface area contributed by atoms with Crippen molar-refractivity contribution in [3.05, 3.63) is 35.5 Å². The number of aromatic nitrogens is 1. The average molecular weight is 396 g/mol. The Morgan fingerprint density at radius 3 is 2.48 bits per heavy atom. The van der Waals surface area contributed by atoms with Gasteiger partial charge in [0.2, 0.25) is 0 Å². The van der Waals surface area contributed by atoms with E-state index in [2.05, 4.69) is 30.2 Å². The van der Waals surface area contributed by atoms with Crippen LogP contribution in [0, 0.1) is 5.92 Å². The van der Waals surface area contributed by atoms with E-state index >= 15 is 0 Å². The Kier molecular flexibility index (Phi) is 6.59. The van der Waals surface area contributed by atoms with Crippen molar-refractivity contribution in [2.75, 3.05) is 25.5 Å². The van der Waals surface area contributed by atoms with Gasteiger partial charge in [-0.3, -0.25) is 9.47 Å². The highest BCUT2D eigenvalue weighted by Gasteiger charge is 2.25. The molecule has 4 nitrogen and oxygen atoms in total. The Morgan fingerprint density at radius 1 is 1.07 bits per heavy atom. The summed E-state index contributed by atoms with van der Waals surface area (Å²) in [6, 6.07) is 6.19. The minimum absolute atomic E-state index is 0.208. The molecule has 0 amide bonds. The average Bonchev–Trinajstić information content (AvgIpc) is 2.92. The van der Waals surface area contributed by atoms with Crippen LogP contribution in [0.1, 0.15) is 93.0 Å². The highest BCUT2D eigenvalue weighted by molar-refractivity contribution is 6.01. The molecule has 1 aliphatic heterocycles. The maximum absolute atomic E-state index is 13.2. The molecule has 0 radical (unpaired) electrons.